The van der Waals surface area contributed by atoms with Gasteiger partial charge in [-0.15, -0.1) is 5.10 Å². The third-order valence-electron chi connectivity index (χ3n) is 3.15. The number of hydrogen-bond acceptors (Lipinski definition) is 8. The van der Waals surface area contributed by atoms with Gasteiger partial charge in [0.25, 0.3) is 5.88 Å². The van der Waals surface area contributed by atoms with Gasteiger partial charge in [-0.1, -0.05) is 5.92 Å². The second kappa shape index (κ2) is 5.81. The third kappa shape index (κ3) is 2.55. The van der Waals surface area contributed by atoms with Crippen molar-refractivity contribution < 1.29 is 13.7 Å². The molecule has 0 fully saturated rings. The van der Waals surface area contributed by atoms with Gasteiger partial charge in [0, 0.05) is 12.4 Å². The number of hydrogen-bond donors (Lipinski definition) is 0. The Labute approximate surface area is 135 Å². The normalized spacial score (nSPS) is 10.4. The van der Waals surface area contributed by atoms with Crippen LogP contribution in [-0.4, -0.2) is 25.3 Å². The van der Waals surface area contributed by atoms with Crippen molar-refractivity contribution in [3.05, 3.63) is 53.9 Å². The summed E-state index contributed by atoms with van der Waals surface area (Å²) in [6.45, 7) is 1.83. The maximum Gasteiger partial charge on any atom is 0.400 e. The van der Waals surface area contributed by atoms with Gasteiger partial charge in [-0.05, 0) is 30.1 Å². The first kappa shape index (κ1) is 13.9. The highest BCUT2D eigenvalue weighted by atomic mass is 16.6. The first-order valence-electron chi connectivity index (χ1n) is 6.93. The Morgan fingerprint density at radius 1 is 1.17 bits per heavy atom. The number of aryl methyl sites for hydroxylation is 1. The van der Waals surface area contributed by atoms with Crippen molar-refractivity contribution >= 4 is 11.0 Å². The number of nitrogens with zero attached hydrogens (tertiary/aromatic N) is 5. The molecule has 8 heteroatoms. The quantitative estimate of drug-likeness (QED) is 0.519. The molecule has 0 saturated carbocycles. The van der Waals surface area contributed by atoms with Gasteiger partial charge in [-0.3, -0.25) is 4.98 Å². The Kier molecular flexibility index (Phi) is 3.37. The molecule has 0 atom stereocenters. The first-order valence-corrected chi connectivity index (χ1v) is 6.93. The Morgan fingerprint density at radius 3 is 2.92 bits per heavy atom. The van der Waals surface area contributed by atoms with Crippen molar-refractivity contribution in [2.24, 2.45) is 0 Å². The fourth-order valence-corrected chi connectivity index (χ4v) is 2.03. The topological polar surface area (TPSA) is 100.0 Å². The highest BCUT2D eigenvalue weighted by molar-refractivity contribution is 5.87. The summed E-state index contributed by atoms with van der Waals surface area (Å²) in [6, 6.07) is 3.53. The molecule has 0 aliphatic rings. The zero-order valence-electron chi connectivity index (χ0n) is 12.4. The van der Waals surface area contributed by atoms with Crippen LogP contribution in [-0.2, 0) is 0 Å². The van der Waals surface area contributed by atoms with Crippen LogP contribution in [0.2, 0.25) is 0 Å². The van der Waals surface area contributed by atoms with Gasteiger partial charge in [0.1, 0.15) is 17.3 Å². The molecule has 0 aliphatic heterocycles. The molecule has 8 nitrogen and oxygen atoms in total. The SMILES string of the molecule is Cc1ncc2c(Oc3ncco3)noc2c1C#Cc1cccnn1. The molecule has 24 heavy (non-hydrogen) atoms. The summed E-state index contributed by atoms with van der Waals surface area (Å²) in [4.78, 5) is 8.19. The van der Waals surface area contributed by atoms with E-state index in [0.717, 1.165) is 0 Å². The van der Waals surface area contributed by atoms with E-state index in [0.29, 0.717) is 27.9 Å². The summed E-state index contributed by atoms with van der Waals surface area (Å²) in [5.74, 6) is 6.14. The van der Waals surface area contributed by atoms with Crippen LogP contribution in [0, 0.1) is 18.8 Å². The van der Waals surface area contributed by atoms with Gasteiger partial charge in [-0.2, -0.15) is 10.1 Å². The number of pyridine rings is 1. The van der Waals surface area contributed by atoms with Crippen molar-refractivity contribution in [3.8, 4) is 23.8 Å². The molecule has 0 N–H and O–H groups in total. The summed E-state index contributed by atoms with van der Waals surface area (Å²) in [5, 5.41) is 12.2. The van der Waals surface area contributed by atoms with Gasteiger partial charge in [0.2, 0.25) is 0 Å². The number of ether oxygens (including phenoxy) is 1. The minimum absolute atomic E-state index is 0.0676. The first-order chi connectivity index (χ1) is 11.8. The lowest BCUT2D eigenvalue weighted by atomic mass is 10.1. The minimum atomic E-state index is 0.0676. The lowest BCUT2D eigenvalue weighted by Gasteiger charge is -1.98. The maximum absolute atomic E-state index is 5.44. The van der Waals surface area contributed by atoms with Gasteiger partial charge < -0.3 is 13.7 Å². The van der Waals surface area contributed by atoms with Gasteiger partial charge >= 0.3 is 6.08 Å². The summed E-state index contributed by atoms with van der Waals surface area (Å²) >= 11 is 0. The molecule has 4 heterocycles. The van der Waals surface area contributed by atoms with E-state index in [2.05, 4.69) is 37.2 Å². The molecule has 0 amide bonds. The van der Waals surface area contributed by atoms with Crippen LogP contribution in [0.4, 0.5) is 0 Å². The molecule has 116 valence electrons. The lowest BCUT2D eigenvalue weighted by molar-refractivity contribution is 0.303. The average molecular weight is 319 g/mol. The van der Waals surface area contributed by atoms with E-state index in [1.165, 1.54) is 12.5 Å². The van der Waals surface area contributed by atoms with Gasteiger partial charge in [0.05, 0.1) is 17.5 Å². The highest BCUT2D eigenvalue weighted by Gasteiger charge is 2.17. The van der Waals surface area contributed by atoms with E-state index in [9.17, 15) is 0 Å². The maximum atomic E-state index is 5.44. The summed E-state index contributed by atoms with van der Waals surface area (Å²) in [6.07, 6.45) is 6.13. The Bertz CT molecular complexity index is 1050. The standard InChI is InChI=1S/C16H9N5O3/c1-10-12(5-4-11-3-2-6-19-20-11)14-13(9-18-10)15(21-24-14)23-16-17-7-8-22-16/h2-3,6-9H,1H3. The van der Waals surface area contributed by atoms with Crippen LogP contribution in [0.3, 0.4) is 0 Å². The van der Waals surface area contributed by atoms with Crippen molar-refractivity contribution in [1.29, 1.82) is 0 Å². The van der Waals surface area contributed by atoms with Crippen LogP contribution in [0.1, 0.15) is 17.0 Å². The second-order valence-electron chi connectivity index (χ2n) is 4.71. The van der Waals surface area contributed by atoms with Crippen molar-refractivity contribution in [2.45, 2.75) is 6.92 Å². The summed E-state index contributed by atoms with van der Waals surface area (Å²) < 4.78 is 15.8. The van der Waals surface area contributed by atoms with Crippen LogP contribution >= 0.6 is 0 Å². The number of oxazole rings is 1. The van der Waals surface area contributed by atoms with Crippen molar-refractivity contribution in [3.63, 3.8) is 0 Å². The predicted molar refractivity (Wildman–Crippen MR) is 81.1 cm³/mol. The lowest BCUT2D eigenvalue weighted by Crippen LogP contribution is -1.90. The minimum Gasteiger partial charge on any atom is -0.417 e. The zero-order valence-corrected chi connectivity index (χ0v) is 12.4. The van der Waals surface area contributed by atoms with Gasteiger partial charge in [0.15, 0.2) is 5.58 Å². The van der Waals surface area contributed by atoms with Crippen LogP contribution in [0.15, 0.2) is 45.9 Å². The van der Waals surface area contributed by atoms with E-state index in [1.807, 2.05) is 6.92 Å². The largest absolute Gasteiger partial charge is 0.417 e. The van der Waals surface area contributed by atoms with Crippen LogP contribution in [0.25, 0.3) is 11.0 Å². The summed E-state index contributed by atoms with van der Waals surface area (Å²) in [5.41, 5.74) is 2.33. The molecular formula is C16H9N5O3. The average Bonchev–Trinajstić information content (AvgIpc) is 3.26. The predicted octanol–water partition coefficient (Wildman–Crippen LogP) is 2.50. The number of rotatable bonds is 2. The van der Waals surface area contributed by atoms with E-state index >= 15 is 0 Å². The number of aromatic nitrogens is 5. The fraction of sp³-hybridized carbons (Fsp3) is 0.0625. The van der Waals surface area contributed by atoms with E-state index in [1.54, 1.807) is 24.5 Å². The molecule has 0 bridgehead atoms. The van der Waals surface area contributed by atoms with Crippen LogP contribution in [0.5, 0.6) is 12.0 Å². The number of fused-ring (bicyclic) bond motifs is 1. The van der Waals surface area contributed by atoms with Crippen LogP contribution < -0.4 is 4.74 Å². The second-order valence-corrected chi connectivity index (χ2v) is 4.71. The Hall–Kier alpha value is -3.73. The molecule has 0 saturated heterocycles. The Morgan fingerprint density at radius 2 is 2.12 bits per heavy atom. The molecule has 0 spiro atoms. The molecule has 4 rings (SSSR count). The highest BCUT2D eigenvalue weighted by Crippen LogP contribution is 2.30. The van der Waals surface area contributed by atoms with E-state index in [4.69, 9.17) is 13.7 Å². The molecule has 0 aliphatic carbocycles. The van der Waals surface area contributed by atoms with Crippen molar-refractivity contribution in [2.75, 3.05) is 0 Å². The molecule has 4 aromatic heterocycles. The molecule has 0 aromatic carbocycles. The zero-order chi connectivity index (χ0) is 16.4. The van der Waals surface area contributed by atoms with Gasteiger partial charge in [-0.25, -0.2) is 0 Å². The molecule has 0 radical (unpaired) electrons. The van der Waals surface area contributed by atoms with E-state index < -0.39 is 0 Å². The van der Waals surface area contributed by atoms with E-state index in [-0.39, 0.29) is 12.0 Å². The third-order valence-corrected chi connectivity index (χ3v) is 3.15. The van der Waals surface area contributed by atoms with Crippen molar-refractivity contribution in [1.82, 2.24) is 25.3 Å². The monoisotopic (exact) mass is 319 g/mol. The molecule has 0 unspecified atom stereocenters. The molecule has 4 aromatic rings. The summed E-state index contributed by atoms with van der Waals surface area (Å²) in [7, 11) is 0. The smallest absolute Gasteiger partial charge is 0.400 e. The molecular weight excluding hydrogens is 310 g/mol. The Balaban J connectivity index is 1.77. The fourth-order valence-electron chi connectivity index (χ4n) is 2.03.